The maximum Gasteiger partial charge on any atom is 0.251 e. The van der Waals surface area contributed by atoms with Crippen LogP contribution in [0.3, 0.4) is 0 Å². The number of ether oxygens (including phenoxy) is 1. The van der Waals surface area contributed by atoms with E-state index in [9.17, 15) is 4.79 Å². The van der Waals surface area contributed by atoms with Crippen molar-refractivity contribution in [2.24, 2.45) is 0 Å². The molecule has 0 aliphatic heterocycles. The molecule has 0 atom stereocenters. The Morgan fingerprint density at radius 2 is 1.97 bits per heavy atom. The average molecular weight is 443 g/mol. The van der Waals surface area contributed by atoms with Crippen molar-refractivity contribution in [1.82, 2.24) is 25.1 Å². The molecule has 1 aromatic carbocycles. The van der Waals surface area contributed by atoms with Crippen LogP contribution in [0, 0.1) is 0 Å². The van der Waals surface area contributed by atoms with E-state index in [0.717, 1.165) is 39.9 Å². The van der Waals surface area contributed by atoms with Gasteiger partial charge >= 0.3 is 0 Å². The lowest BCUT2D eigenvalue weighted by Crippen LogP contribution is -2.27. The molecule has 0 unspecified atom stereocenters. The third-order valence-electron chi connectivity index (χ3n) is 4.37. The number of carbonyl (C=O) groups excluding carboxylic acids is 1. The van der Waals surface area contributed by atoms with Gasteiger partial charge in [0.1, 0.15) is 11.6 Å². The van der Waals surface area contributed by atoms with Gasteiger partial charge in [-0.2, -0.15) is 5.10 Å². The molecule has 9 heteroatoms. The Kier molecular flexibility index (Phi) is 8.11. The molecule has 2 aromatic heterocycles. The van der Waals surface area contributed by atoms with Crippen LogP contribution < -0.4 is 15.4 Å². The predicted octanol–water partition coefficient (Wildman–Crippen LogP) is 3.98. The molecule has 3 aromatic rings. The van der Waals surface area contributed by atoms with Gasteiger partial charge in [-0.1, -0.05) is 18.7 Å². The Balaban J connectivity index is 1.69. The Labute approximate surface area is 187 Å². The Morgan fingerprint density at radius 3 is 2.65 bits per heavy atom. The van der Waals surface area contributed by atoms with E-state index in [2.05, 4.69) is 41.5 Å². The van der Waals surface area contributed by atoms with E-state index in [1.165, 1.54) is 0 Å². The van der Waals surface area contributed by atoms with Crippen LogP contribution in [0.25, 0.3) is 11.0 Å². The smallest absolute Gasteiger partial charge is 0.251 e. The zero-order valence-corrected chi connectivity index (χ0v) is 19.3. The molecule has 3 rings (SSSR count). The highest BCUT2D eigenvalue weighted by molar-refractivity contribution is 7.99. The van der Waals surface area contributed by atoms with E-state index >= 15 is 0 Å². The second-order valence-corrected chi connectivity index (χ2v) is 8.38. The third-order valence-corrected chi connectivity index (χ3v) is 5.43. The van der Waals surface area contributed by atoms with Gasteiger partial charge in [-0.25, -0.2) is 14.6 Å². The van der Waals surface area contributed by atoms with E-state index < -0.39 is 0 Å². The largest absolute Gasteiger partial charge is 0.494 e. The number of amides is 1. The lowest BCUT2D eigenvalue weighted by Gasteiger charge is -2.12. The molecule has 166 valence electrons. The highest BCUT2D eigenvalue weighted by Gasteiger charge is 2.14. The van der Waals surface area contributed by atoms with Gasteiger partial charge in [0.2, 0.25) is 0 Å². The van der Waals surface area contributed by atoms with Crippen LogP contribution in [0.4, 0.5) is 5.82 Å². The summed E-state index contributed by atoms with van der Waals surface area (Å²) in [4.78, 5) is 21.8. The van der Waals surface area contributed by atoms with Gasteiger partial charge < -0.3 is 15.4 Å². The van der Waals surface area contributed by atoms with E-state index in [1.807, 2.05) is 11.6 Å². The van der Waals surface area contributed by atoms with Crippen molar-refractivity contribution in [3.05, 3.63) is 36.0 Å². The van der Waals surface area contributed by atoms with Gasteiger partial charge in [0, 0.05) is 23.9 Å². The Morgan fingerprint density at radius 1 is 1.19 bits per heavy atom. The van der Waals surface area contributed by atoms with Crippen LogP contribution >= 0.6 is 11.8 Å². The zero-order chi connectivity index (χ0) is 22.2. The second kappa shape index (κ2) is 11.0. The molecule has 0 bridgehead atoms. The number of hydrogen-bond donors (Lipinski definition) is 2. The monoisotopic (exact) mass is 442 g/mol. The summed E-state index contributed by atoms with van der Waals surface area (Å²) >= 11 is 1.64. The van der Waals surface area contributed by atoms with Gasteiger partial charge in [-0.05, 0) is 51.5 Å². The number of hydrogen-bond acceptors (Lipinski definition) is 7. The van der Waals surface area contributed by atoms with Crippen molar-refractivity contribution in [3.8, 4) is 5.75 Å². The summed E-state index contributed by atoms with van der Waals surface area (Å²) in [5, 5.41) is 12.4. The first-order chi connectivity index (χ1) is 15.0. The summed E-state index contributed by atoms with van der Waals surface area (Å²) in [6.45, 7) is 9.77. The molecule has 0 aliphatic rings. The van der Waals surface area contributed by atoms with E-state index in [4.69, 9.17) is 9.72 Å². The first-order valence-electron chi connectivity index (χ1n) is 10.7. The number of rotatable bonds is 11. The number of anilines is 1. The fourth-order valence-electron chi connectivity index (χ4n) is 2.99. The lowest BCUT2D eigenvalue weighted by atomic mass is 10.2. The normalized spacial score (nSPS) is 11.1. The topological polar surface area (TPSA) is 94.0 Å². The van der Waals surface area contributed by atoms with Crippen molar-refractivity contribution >= 4 is 34.5 Å². The van der Waals surface area contributed by atoms with E-state index in [1.54, 1.807) is 42.2 Å². The molecule has 2 N–H and O–H groups in total. The first kappa shape index (κ1) is 22.9. The number of thioether (sulfide) groups is 1. The number of fused-ring (bicyclic) bond motifs is 1. The maximum absolute atomic E-state index is 12.4. The summed E-state index contributed by atoms with van der Waals surface area (Å²) < 4.78 is 7.23. The van der Waals surface area contributed by atoms with Crippen molar-refractivity contribution < 1.29 is 9.53 Å². The predicted molar refractivity (Wildman–Crippen MR) is 125 cm³/mol. The molecule has 0 fully saturated rings. The fourth-order valence-corrected chi connectivity index (χ4v) is 3.68. The first-order valence-corrected chi connectivity index (χ1v) is 11.6. The van der Waals surface area contributed by atoms with Gasteiger partial charge in [-0.3, -0.25) is 4.79 Å². The van der Waals surface area contributed by atoms with Crippen LogP contribution in [-0.2, 0) is 6.54 Å². The molecule has 0 saturated heterocycles. The van der Waals surface area contributed by atoms with Gasteiger partial charge in [0.05, 0.1) is 24.7 Å². The molecule has 0 aliphatic carbocycles. The maximum atomic E-state index is 12.4. The molecule has 0 saturated carbocycles. The third kappa shape index (κ3) is 6.10. The van der Waals surface area contributed by atoms with Crippen molar-refractivity contribution in [3.63, 3.8) is 0 Å². The molecular formula is C22H30N6O2S. The summed E-state index contributed by atoms with van der Waals surface area (Å²) in [5.74, 6) is 2.38. The zero-order valence-electron chi connectivity index (χ0n) is 18.5. The summed E-state index contributed by atoms with van der Waals surface area (Å²) in [5.41, 5.74) is 1.37. The molecule has 0 radical (unpaired) electrons. The van der Waals surface area contributed by atoms with Crippen molar-refractivity contribution in [2.75, 3.05) is 24.2 Å². The van der Waals surface area contributed by atoms with Crippen LogP contribution in [0.1, 0.15) is 44.5 Å². The van der Waals surface area contributed by atoms with Gasteiger partial charge in [0.25, 0.3) is 5.91 Å². The minimum absolute atomic E-state index is 0.129. The van der Waals surface area contributed by atoms with Gasteiger partial charge in [-0.15, -0.1) is 0 Å². The molecular weight excluding hydrogens is 412 g/mol. The highest BCUT2D eigenvalue weighted by Crippen LogP contribution is 2.25. The number of aromatic nitrogens is 4. The van der Waals surface area contributed by atoms with Crippen LogP contribution in [0.15, 0.2) is 35.6 Å². The molecule has 31 heavy (non-hydrogen) atoms. The quantitative estimate of drug-likeness (QED) is 0.343. The SMILES string of the molecule is CCCSc1nc(NC(C)C)c2cnn(CCNC(=O)c3ccc(OCC)cc3)c2n1. The molecule has 1 amide bonds. The molecule has 0 spiro atoms. The Bertz CT molecular complexity index is 1000. The van der Waals surface area contributed by atoms with E-state index in [0.29, 0.717) is 25.3 Å². The minimum Gasteiger partial charge on any atom is -0.494 e. The number of nitrogens with zero attached hydrogens (tertiary/aromatic N) is 4. The standard InChI is InChI=1S/C22H30N6O2S/c1-5-13-31-22-26-19(25-15(3)4)18-14-24-28(20(18)27-22)12-11-23-21(29)16-7-9-17(10-8-16)30-6-2/h7-10,14-15H,5-6,11-13H2,1-4H3,(H,23,29)(H,25,26,27). The lowest BCUT2D eigenvalue weighted by molar-refractivity contribution is 0.0952. The Hall–Kier alpha value is -2.81. The van der Waals surface area contributed by atoms with Gasteiger partial charge in [0.15, 0.2) is 10.8 Å². The van der Waals surface area contributed by atoms with Crippen LogP contribution in [-0.4, -0.2) is 50.6 Å². The summed E-state index contributed by atoms with van der Waals surface area (Å²) in [7, 11) is 0. The average Bonchev–Trinajstić information content (AvgIpc) is 3.16. The molecule has 2 heterocycles. The number of carbonyl (C=O) groups is 1. The summed E-state index contributed by atoms with van der Waals surface area (Å²) in [6, 6.07) is 7.37. The highest BCUT2D eigenvalue weighted by atomic mass is 32.2. The number of benzene rings is 1. The number of nitrogens with one attached hydrogen (secondary N) is 2. The van der Waals surface area contributed by atoms with Crippen molar-refractivity contribution in [2.45, 2.75) is 51.9 Å². The minimum atomic E-state index is -0.129. The van der Waals surface area contributed by atoms with Crippen LogP contribution in [0.5, 0.6) is 5.75 Å². The fraction of sp³-hybridized carbons (Fsp3) is 0.455. The van der Waals surface area contributed by atoms with Crippen molar-refractivity contribution in [1.29, 1.82) is 0 Å². The van der Waals surface area contributed by atoms with Crippen LogP contribution in [0.2, 0.25) is 0 Å². The molecule has 8 nitrogen and oxygen atoms in total. The summed E-state index contributed by atoms with van der Waals surface area (Å²) in [6.07, 6.45) is 2.83. The van der Waals surface area contributed by atoms with E-state index in [-0.39, 0.29) is 11.9 Å². The second-order valence-electron chi connectivity index (χ2n) is 7.32.